The number of H-pyrrole nitrogens is 1. The van der Waals surface area contributed by atoms with E-state index >= 15 is 0 Å². The SMILES string of the molecule is Cn1cc(-c2cc(N)n[nH]2)c2c(O)cccc21. The summed E-state index contributed by atoms with van der Waals surface area (Å²) >= 11 is 0. The molecule has 5 nitrogen and oxygen atoms in total. The largest absolute Gasteiger partial charge is 0.507 e. The van der Waals surface area contributed by atoms with E-state index in [1.54, 1.807) is 12.1 Å². The Kier molecular flexibility index (Phi) is 1.89. The number of phenolic OH excluding ortho intramolecular Hbond substituents is 1. The van der Waals surface area contributed by atoms with Gasteiger partial charge < -0.3 is 15.4 Å². The molecule has 0 spiro atoms. The molecule has 2 aromatic heterocycles. The van der Waals surface area contributed by atoms with Crippen molar-refractivity contribution in [3.05, 3.63) is 30.5 Å². The van der Waals surface area contributed by atoms with Crippen LogP contribution in [0.1, 0.15) is 0 Å². The number of aryl methyl sites for hydroxylation is 1. The summed E-state index contributed by atoms with van der Waals surface area (Å²) in [4.78, 5) is 0. The normalized spacial score (nSPS) is 11.1. The first-order valence-corrected chi connectivity index (χ1v) is 5.25. The van der Waals surface area contributed by atoms with Crippen molar-refractivity contribution in [2.24, 2.45) is 7.05 Å². The van der Waals surface area contributed by atoms with Crippen LogP contribution in [-0.2, 0) is 7.05 Å². The Labute approximate surface area is 97.5 Å². The fourth-order valence-corrected chi connectivity index (χ4v) is 2.11. The summed E-state index contributed by atoms with van der Waals surface area (Å²) in [5, 5.41) is 17.5. The lowest BCUT2D eigenvalue weighted by Gasteiger charge is -1.98. The Morgan fingerprint density at radius 2 is 2.24 bits per heavy atom. The van der Waals surface area contributed by atoms with E-state index in [1.165, 1.54) is 0 Å². The average molecular weight is 228 g/mol. The molecule has 0 aliphatic heterocycles. The van der Waals surface area contributed by atoms with E-state index in [-0.39, 0.29) is 5.75 Å². The van der Waals surface area contributed by atoms with E-state index in [4.69, 9.17) is 5.73 Å². The van der Waals surface area contributed by atoms with Gasteiger partial charge in [0.25, 0.3) is 0 Å². The van der Waals surface area contributed by atoms with Crippen LogP contribution in [0.5, 0.6) is 5.75 Å². The molecule has 0 aliphatic rings. The molecule has 0 saturated carbocycles. The van der Waals surface area contributed by atoms with Crippen LogP contribution in [-0.4, -0.2) is 19.9 Å². The van der Waals surface area contributed by atoms with E-state index in [0.717, 1.165) is 22.2 Å². The number of aromatic amines is 1. The van der Waals surface area contributed by atoms with Crippen LogP contribution in [0.15, 0.2) is 30.5 Å². The average Bonchev–Trinajstić information content (AvgIpc) is 2.85. The third-order valence-electron chi connectivity index (χ3n) is 2.88. The standard InChI is InChI=1S/C12H12N4O/c1-16-6-7(8-5-11(13)15-14-8)12-9(16)3-2-4-10(12)17/h2-6,17H,1H3,(H3,13,14,15). The van der Waals surface area contributed by atoms with Crippen molar-refractivity contribution in [3.8, 4) is 17.0 Å². The highest BCUT2D eigenvalue weighted by molar-refractivity contribution is 5.99. The number of nitrogens with two attached hydrogens (primary N) is 1. The minimum atomic E-state index is 0.256. The predicted octanol–water partition coefficient (Wildman–Crippen LogP) is 1.86. The maximum Gasteiger partial charge on any atom is 0.145 e. The number of nitrogens with one attached hydrogen (secondary N) is 1. The molecule has 2 heterocycles. The Bertz CT molecular complexity index is 696. The topological polar surface area (TPSA) is 79.9 Å². The Morgan fingerprint density at radius 1 is 1.41 bits per heavy atom. The van der Waals surface area contributed by atoms with Crippen molar-refractivity contribution in [1.82, 2.24) is 14.8 Å². The first-order valence-electron chi connectivity index (χ1n) is 5.25. The smallest absolute Gasteiger partial charge is 0.145 e. The zero-order chi connectivity index (χ0) is 12.0. The molecular weight excluding hydrogens is 216 g/mol. The molecule has 0 fully saturated rings. The van der Waals surface area contributed by atoms with E-state index in [9.17, 15) is 5.11 Å². The lowest BCUT2D eigenvalue weighted by molar-refractivity contribution is 0.482. The number of phenols is 1. The molecular formula is C12H12N4O. The van der Waals surface area contributed by atoms with Crippen LogP contribution in [0.3, 0.4) is 0 Å². The molecule has 0 radical (unpaired) electrons. The molecule has 0 bridgehead atoms. The molecule has 17 heavy (non-hydrogen) atoms. The number of rotatable bonds is 1. The number of benzene rings is 1. The summed E-state index contributed by atoms with van der Waals surface area (Å²) in [6.07, 6.45) is 1.94. The van der Waals surface area contributed by atoms with Crippen LogP contribution >= 0.6 is 0 Å². The zero-order valence-electron chi connectivity index (χ0n) is 9.31. The second-order valence-corrected chi connectivity index (χ2v) is 4.03. The minimum Gasteiger partial charge on any atom is -0.507 e. The quantitative estimate of drug-likeness (QED) is 0.594. The van der Waals surface area contributed by atoms with Gasteiger partial charge in [0.15, 0.2) is 0 Å². The number of fused-ring (bicyclic) bond motifs is 1. The molecule has 0 saturated heterocycles. The fraction of sp³-hybridized carbons (Fsp3) is 0.0833. The molecule has 86 valence electrons. The first-order chi connectivity index (χ1) is 8.16. The summed E-state index contributed by atoms with van der Waals surface area (Å²) in [5.41, 5.74) is 8.25. The highest BCUT2D eigenvalue weighted by Crippen LogP contribution is 2.35. The molecule has 0 aliphatic carbocycles. The van der Waals surface area contributed by atoms with Gasteiger partial charge in [-0.05, 0) is 12.1 Å². The number of hydrogen-bond donors (Lipinski definition) is 3. The molecule has 3 rings (SSSR count). The minimum absolute atomic E-state index is 0.256. The maximum absolute atomic E-state index is 9.95. The number of aromatic hydroxyl groups is 1. The van der Waals surface area contributed by atoms with Crippen molar-refractivity contribution < 1.29 is 5.11 Å². The maximum atomic E-state index is 9.95. The van der Waals surface area contributed by atoms with Gasteiger partial charge in [0.05, 0.1) is 16.6 Å². The zero-order valence-corrected chi connectivity index (χ0v) is 9.31. The summed E-state index contributed by atoms with van der Waals surface area (Å²) in [6, 6.07) is 7.20. The highest BCUT2D eigenvalue weighted by atomic mass is 16.3. The highest BCUT2D eigenvalue weighted by Gasteiger charge is 2.13. The molecule has 3 aromatic rings. The number of hydrogen-bond acceptors (Lipinski definition) is 3. The van der Waals surface area contributed by atoms with Crippen LogP contribution in [0.2, 0.25) is 0 Å². The summed E-state index contributed by atoms with van der Waals surface area (Å²) in [6.45, 7) is 0. The molecule has 1 aromatic carbocycles. The van der Waals surface area contributed by atoms with Gasteiger partial charge >= 0.3 is 0 Å². The summed E-state index contributed by atoms with van der Waals surface area (Å²) in [7, 11) is 1.94. The Balaban J connectivity index is 2.37. The van der Waals surface area contributed by atoms with Crippen LogP contribution in [0.4, 0.5) is 5.82 Å². The van der Waals surface area contributed by atoms with Crippen LogP contribution < -0.4 is 5.73 Å². The second kappa shape index (κ2) is 3.28. The molecule has 5 heteroatoms. The van der Waals surface area contributed by atoms with Gasteiger partial charge in [-0.25, -0.2) is 0 Å². The van der Waals surface area contributed by atoms with E-state index < -0.39 is 0 Å². The number of nitrogen functional groups attached to an aromatic ring is 1. The van der Waals surface area contributed by atoms with Crippen molar-refractivity contribution in [2.45, 2.75) is 0 Å². The predicted molar refractivity (Wildman–Crippen MR) is 66.6 cm³/mol. The van der Waals surface area contributed by atoms with Gasteiger partial charge in [-0.15, -0.1) is 0 Å². The third-order valence-corrected chi connectivity index (χ3v) is 2.88. The van der Waals surface area contributed by atoms with Gasteiger partial charge in [0, 0.05) is 24.9 Å². The van der Waals surface area contributed by atoms with Gasteiger partial charge in [0.1, 0.15) is 11.6 Å². The molecule has 0 atom stereocenters. The van der Waals surface area contributed by atoms with Crippen LogP contribution in [0.25, 0.3) is 22.2 Å². The summed E-state index contributed by atoms with van der Waals surface area (Å²) < 4.78 is 1.96. The van der Waals surface area contributed by atoms with Crippen molar-refractivity contribution in [2.75, 3.05) is 5.73 Å². The van der Waals surface area contributed by atoms with Crippen molar-refractivity contribution in [3.63, 3.8) is 0 Å². The van der Waals surface area contributed by atoms with Gasteiger partial charge in [-0.1, -0.05) is 6.07 Å². The van der Waals surface area contributed by atoms with Gasteiger partial charge in [-0.2, -0.15) is 5.10 Å². The van der Waals surface area contributed by atoms with Gasteiger partial charge in [-0.3, -0.25) is 5.10 Å². The fourth-order valence-electron chi connectivity index (χ4n) is 2.11. The van der Waals surface area contributed by atoms with E-state index in [1.807, 2.05) is 29.9 Å². The summed E-state index contributed by atoms with van der Waals surface area (Å²) in [5.74, 6) is 0.693. The van der Waals surface area contributed by atoms with Crippen molar-refractivity contribution >= 4 is 16.7 Å². The molecule has 0 amide bonds. The van der Waals surface area contributed by atoms with Gasteiger partial charge in [0.2, 0.25) is 0 Å². The number of anilines is 1. The van der Waals surface area contributed by atoms with Crippen molar-refractivity contribution in [1.29, 1.82) is 0 Å². The number of aromatic nitrogens is 3. The monoisotopic (exact) mass is 228 g/mol. The molecule has 4 N–H and O–H groups in total. The van der Waals surface area contributed by atoms with Crippen LogP contribution in [0, 0.1) is 0 Å². The lowest BCUT2D eigenvalue weighted by atomic mass is 10.1. The Morgan fingerprint density at radius 3 is 2.94 bits per heavy atom. The molecule has 0 unspecified atom stereocenters. The first kappa shape index (κ1) is 9.77. The van der Waals surface area contributed by atoms with E-state index in [0.29, 0.717) is 5.82 Å². The Hall–Kier alpha value is -2.43. The second-order valence-electron chi connectivity index (χ2n) is 4.03. The van der Waals surface area contributed by atoms with E-state index in [2.05, 4.69) is 10.2 Å². The third kappa shape index (κ3) is 1.36. The lowest BCUT2D eigenvalue weighted by Crippen LogP contribution is -1.82. The number of nitrogens with zero attached hydrogens (tertiary/aromatic N) is 2.